The summed E-state index contributed by atoms with van der Waals surface area (Å²) < 4.78 is 0. The van der Waals surface area contributed by atoms with Crippen LogP contribution in [-0.2, 0) is 0 Å². The molecule has 1 heteroatoms. The van der Waals surface area contributed by atoms with Crippen molar-refractivity contribution in [3.8, 4) is 0 Å². The van der Waals surface area contributed by atoms with Crippen LogP contribution in [0.1, 0.15) is 81.4 Å². The molecule has 27 heavy (non-hydrogen) atoms. The highest BCUT2D eigenvalue weighted by Crippen LogP contribution is 2.57. The zero-order chi connectivity index (χ0) is 19.8. The molecule has 2 unspecified atom stereocenters. The maximum atomic E-state index is 2.38. The third-order valence-electron chi connectivity index (χ3n) is 6.81. The van der Waals surface area contributed by atoms with Crippen LogP contribution in [0.5, 0.6) is 0 Å². The van der Waals surface area contributed by atoms with Crippen molar-refractivity contribution >= 4 is 17.8 Å². The lowest BCUT2D eigenvalue weighted by molar-refractivity contribution is 0.126. The van der Waals surface area contributed by atoms with Crippen LogP contribution in [0.15, 0.2) is 53.4 Å². The van der Waals surface area contributed by atoms with Gasteiger partial charge in [-0.05, 0) is 46.1 Å². The fraction of sp³-hybridized carbons (Fsp3) is 0.462. The predicted molar refractivity (Wildman–Crippen MR) is 122 cm³/mol. The third kappa shape index (κ3) is 4.04. The van der Waals surface area contributed by atoms with Gasteiger partial charge in [-0.15, -0.1) is 11.8 Å². The van der Waals surface area contributed by atoms with Crippen LogP contribution in [0, 0.1) is 17.8 Å². The molecular formula is C26H34S. The van der Waals surface area contributed by atoms with Crippen LogP contribution in [-0.4, -0.2) is 0 Å². The number of aryl methyl sites for hydroxylation is 1. The van der Waals surface area contributed by atoms with Crippen molar-refractivity contribution in [2.45, 2.75) is 71.0 Å². The summed E-state index contributed by atoms with van der Waals surface area (Å²) in [7, 11) is 0. The van der Waals surface area contributed by atoms with Gasteiger partial charge in [0.2, 0.25) is 0 Å². The topological polar surface area (TPSA) is 0 Å². The van der Waals surface area contributed by atoms with Crippen LogP contribution in [0.3, 0.4) is 0 Å². The standard InChI is InChI=1S/C17H14S.C9H20/c1-11-6-8-14-15-9-7-12-4-2-3-5-13(12)17(15)18-16(14)10-11;1-7-9(5,6)8(2,3)4/h2-10,15,17H,1H3;7H2,1-6H3. The van der Waals surface area contributed by atoms with Crippen molar-refractivity contribution in [2.75, 3.05) is 0 Å². The van der Waals surface area contributed by atoms with Gasteiger partial charge in [0.1, 0.15) is 0 Å². The maximum absolute atomic E-state index is 2.38. The molecular weight excluding hydrogens is 344 g/mol. The van der Waals surface area contributed by atoms with Crippen LogP contribution in [0.25, 0.3) is 6.08 Å². The lowest BCUT2D eigenvalue weighted by atomic mass is 9.68. The van der Waals surface area contributed by atoms with E-state index in [1.807, 2.05) is 11.8 Å². The van der Waals surface area contributed by atoms with E-state index in [9.17, 15) is 0 Å². The van der Waals surface area contributed by atoms with E-state index >= 15 is 0 Å². The van der Waals surface area contributed by atoms with Crippen LogP contribution in [0.2, 0.25) is 0 Å². The summed E-state index contributed by atoms with van der Waals surface area (Å²) in [5, 5.41) is 0.572. The Balaban J connectivity index is 0.000000201. The molecule has 2 aliphatic rings. The number of hydrogen-bond acceptors (Lipinski definition) is 1. The van der Waals surface area contributed by atoms with E-state index in [-0.39, 0.29) is 0 Å². The van der Waals surface area contributed by atoms with Gasteiger partial charge in [-0.25, -0.2) is 0 Å². The SMILES string of the molecule is CCC(C)(C)C(C)(C)C.Cc1ccc2c(c1)SC1c3ccccc3C=CC21. The Morgan fingerprint density at radius 3 is 2.26 bits per heavy atom. The first-order valence-electron chi connectivity index (χ1n) is 10.2. The third-order valence-corrected chi connectivity index (χ3v) is 8.22. The molecule has 1 aliphatic carbocycles. The number of allylic oxidation sites excluding steroid dienone is 1. The lowest BCUT2D eigenvalue weighted by Crippen LogP contribution is -2.28. The Morgan fingerprint density at radius 2 is 1.63 bits per heavy atom. The van der Waals surface area contributed by atoms with E-state index in [0.717, 1.165) is 0 Å². The van der Waals surface area contributed by atoms with E-state index in [4.69, 9.17) is 0 Å². The van der Waals surface area contributed by atoms with E-state index in [1.165, 1.54) is 33.6 Å². The first-order valence-corrected chi connectivity index (χ1v) is 11.1. The minimum atomic E-state index is 0.446. The van der Waals surface area contributed by atoms with Gasteiger partial charge in [0.05, 0.1) is 0 Å². The van der Waals surface area contributed by atoms with Crippen molar-refractivity contribution in [3.05, 3.63) is 70.8 Å². The smallest absolute Gasteiger partial charge is 0.0454 e. The minimum absolute atomic E-state index is 0.446. The van der Waals surface area contributed by atoms with E-state index < -0.39 is 0 Å². The average Bonchev–Trinajstić information content (AvgIpc) is 2.99. The molecule has 0 nitrogen and oxygen atoms in total. The largest absolute Gasteiger partial charge is 0.117 e. The molecule has 0 bridgehead atoms. The van der Waals surface area contributed by atoms with Crippen molar-refractivity contribution in [2.24, 2.45) is 10.8 Å². The molecule has 0 saturated carbocycles. The monoisotopic (exact) mass is 378 g/mol. The summed E-state index contributed by atoms with van der Waals surface area (Å²) in [5.41, 5.74) is 6.66. The van der Waals surface area contributed by atoms with Crippen LogP contribution >= 0.6 is 11.8 Å². The summed E-state index contributed by atoms with van der Waals surface area (Å²) in [5.74, 6) is 0.556. The zero-order valence-electron chi connectivity index (χ0n) is 18.0. The van der Waals surface area contributed by atoms with Crippen molar-refractivity contribution in [3.63, 3.8) is 0 Å². The maximum Gasteiger partial charge on any atom is 0.0454 e. The Hall–Kier alpha value is -1.47. The molecule has 1 aliphatic heterocycles. The highest BCUT2D eigenvalue weighted by atomic mass is 32.2. The summed E-state index contributed by atoms with van der Waals surface area (Å²) >= 11 is 2.03. The molecule has 0 saturated heterocycles. The van der Waals surface area contributed by atoms with Gasteiger partial charge in [-0.1, -0.05) is 96.5 Å². The average molecular weight is 379 g/mol. The summed E-state index contributed by atoms with van der Waals surface area (Å²) in [6.45, 7) is 16.0. The molecule has 0 aromatic heterocycles. The molecule has 2 atom stereocenters. The highest BCUT2D eigenvalue weighted by molar-refractivity contribution is 8.00. The van der Waals surface area contributed by atoms with Gasteiger partial charge in [0.15, 0.2) is 0 Å². The number of hydrogen-bond donors (Lipinski definition) is 0. The lowest BCUT2D eigenvalue weighted by Gasteiger charge is -2.37. The molecule has 0 fully saturated rings. The first kappa shape index (κ1) is 20.3. The fourth-order valence-corrected chi connectivity index (χ4v) is 5.11. The second-order valence-electron chi connectivity index (χ2n) is 9.58. The molecule has 2 aromatic rings. The number of benzene rings is 2. The minimum Gasteiger partial charge on any atom is -0.117 e. The molecule has 4 rings (SSSR count). The van der Waals surface area contributed by atoms with E-state index in [1.54, 1.807) is 0 Å². The predicted octanol–water partition coefficient (Wildman–Crippen LogP) is 8.42. The summed E-state index contributed by atoms with van der Waals surface area (Å²) in [6.07, 6.45) is 5.92. The van der Waals surface area contributed by atoms with Gasteiger partial charge in [0.25, 0.3) is 0 Å². The first-order chi connectivity index (χ1) is 12.6. The molecule has 0 amide bonds. The summed E-state index contributed by atoms with van der Waals surface area (Å²) in [4.78, 5) is 1.46. The Bertz CT molecular complexity index is 836. The second-order valence-corrected chi connectivity index (χ2v) is 10.8. The zero-order valence-corrected chi connectivity index (χ0v) is 18.8. The molecule has 2 aromatic carbocycles. The Kier molecular flexibility index (Phi) is 5.64. The number of fused-ring (bicyclic) bond motifs is 5. The van der Waals surface area contributed by atoms with Gasteiger partial charge in [0, 0.05) is 16.1 Å². The van der Waals surface area contributed by atoms with Crippen LogP contribution < -0.4 is 0 Å². The van der Waals surface area contributed by atoms with Gasteiger partial charge >= 0.3 is 0 Å². The molecule has 1 heterocycles. The second kappa shape index (κ2) is 7.51. The number of thioether (sulfide) groups is 1. The normalized spacial score (nSPS) is 20.3. The molecule has 0 radical (unpaired) electrons. The Morgan fingerprint density at radius 1 is 0.926 bits per heavy atom. The molecule has 0 N–H and O–H groups in total. The molecule has 0 spiro atoms. The van der Waals surface area contributed by atoms with Crippen molar-refractivity contribution < 1.29 is 0 Å². The van der Waals surface area contributed by atoms with Crippen LogP contribution in [0.4, 0.5) is 0 Å². The van der Waals surface area contributed by atoms with Gasteiger partial charge in [-0.2, -0.15) is 0 Å². The Labute approximate surface area is 170 Å². The number of rotatable bonds is 1. The van der Waals surface area contributed by atoms with Gasteiger partial charge < -0.3 is 0 Å². The van der Waals surface area contributed by atoms with Gasteiger partial charge in [-0.3, -0.25) is 0 Å². The quantitative estimate of drug-likeness (QED) is 0.480. The van der Waals surface area contributed by atoms with Crippen molar-refractivity contribution in [1.82, 2.24) is 0 Å². The van der Waals surface area contributed by atoms with E-state index in [0.29, 0.717) is 22.0 Å². The van der Waals surface area contributed by atoms with E-state index in [2.05, 4.69) is 103 Å². The molecule has 144 valence electrons. The van der Waals surface area contributed by atoms with Crippen molar-refractivity contribution in [1.29, 1.82) is 0 Å². The summed E-state index contributed by atoms with van der Waals surface area (Å²) in [6, 6.07) is 15.6. The fourth-order valence-electron chi connectivity index (χ4n) is 3.51. The highest BCUT2D eigenvalue weighted by Gasteiger charge is 2.35.